The fourth-order valence-electron chi connectivity index (χ4n) is 3.00. The molecule has 0 aliphatic heterocycles. The molecule has 0 fully saturated rings. The average Bonchev–Trinajstić information content (AvgIpc) is 3.31. The number of H-pyrrole nitrogens is 1. The minimum atomic E-state index is -4.56. The molecule has 0 saturated carbocycles. The number of aromatic amines is 1. The van der Waals surface area contributed by atoms with E-state index in [1.54, 1.807) is 48.5 Å². The molecule has 2 rings (SSSR count). The molecular weight excluding hydrogens is 584 g/mol. The maximum absolute atomic E-state index is 14.9. The summed E-state index contributed by atoms with van der Waals surface area (Å²) in [6.07, 6.45) is -3.34. The number of anilines is 1. The Morgan fingerprint density at radius 2 is 1.64 bits per heavy atom. The van der Waals surface area contributed by atoms with Crippen LogP contribution in [-0.4, -0.2) is 75.6 Å². The number of carbonyl (C=O) groups excluding carboxylic acids is 2. The lowest BCUT2D eigenvalue weighted by Gasteiger charge is -2.28. The van der Waals surface area contributed by atoms with Crippen LogP contribution in [0.25, 0.3) is 11.2 Å². The Hall–Kier alpha value is -2.95. The first kappa shape index (κ1) is 35.2. The molecule has 0 saturated heterocycles. The molecule has 2 aromatic rings. The second-order valence-electron chi connectivity index (χ2n) is 11.1. The molecule has 2 aromatic heterocycles. The lowest BCUT2D eigenvalue weighted by atomic mass is 9.98. The third kappa shape index (κ3) is 9.81. The second kappa shape index (κ2) is 14.5. The van der Waals surface area contributed by atoms with E-state index in [9.17, 15) is 28.4 Å². The molecule has 0 aliphatic rings. The number of imidazole rings is 1. The lowest BCUT2D eigenvalue weighted by Crippen LogP contribution is -2.32. The summed E-state index contributed by atoms with van der Waals surface area (Å²) in [4.78, 5) is 46.5. The van der Waals surface area contributed by atoms with Crippen LogP contribution in [0.5, 0.6) is 0 Å². The number of nitrogens with two attached hydrogens (primary N) is 1. The summed E-state index contributed by atoms with van der Waals surface area (Å²) in [7, 11) is -4.56. The molecule has 0 bridgehead atoms. The molecule has 0 aromatic carbocycles. The van der Waals surface area contributed by atoms with Gasteiger partial charge in [-0.2, -0.15) is 4.98 Å². The van der Waals surface area contributed by atoms with Gasteiger partial charge in [-0.25, -0.2) is 23.0 Å². The zero-order chi connectivity index (χ0) is 31.9. The number of rotatable bonds is 15. The van der Waals surface area contributed by atoms with Gasteiger partial charge in [-0.3, -0.25) is 28.5 Å². The van der Waals surface area contributed by atoms with E-state index in [4.69, 9.17) is 33.5 Å². The van der Waals surface area contributed by atoms with Crippen LogP contribution >= 0.6 is 7.82 Å². The molecule has 18 heteroatoms. The third-order valence-corrected chi connectivity index (χ3v) is 6.75. The first-order chi connectivity index (χ1) is 19.4. The highest BCUT2D eigenvalue weighted by Crippen LogP contribution is 2.50. The monoisotopic (exact) mass is 623 g/mol. The van der Waals surface area contributed by atoms with Crippen molar-refractivity contribution in [3.63, 3.8) is 0 Å². The number of aliphatic hydroxyl groups is 1. The van der Waals surface area contributed by atoms with E-state index in [2.05, 4.69) is 15.0 Å². The SMILES string of the molecule is CCC(COP(=O)(OCOC(=O)C(C)(C)C)OCOC(=O)C(C)(C)C)OC(C(F)CO)n1cnc2c(=O)[nH]c(N)nc21. The van der Waals surface area contributed by atoms with E-state index >= 15 is 0 Å². The fourth-order valence-corrected chi connectivity index (χ4v) is 3.94. The maximum Gasteiger partial charge on any atom is 0.480 e. The molecular formula is C24H39FN5O11P. The maximum atomic E-state index is 14.9. The van der Waals surface area contributed by atoms with Gasteiger partial charge < -0.3 is 25.1 Å². The fraction of sp³-hybridized carbons (Fsp3) is 0.708. The number of hydrogen-bond acceptors (Lipinski definition) is 14. The van der Waals surface area contributed by atoms with Crippen molar-refractivity contribution in [1.82, 2.24) is 19.5 Å². The predicted octanol–water partition coefficient (Wildman–Crippen LogP) is 2.58. The van der Waals surface area contributed by atoms with Gasteiger partial charge in [-0.1, -0.05) is 6.92 Å². The van der Waals surface area contributed by atoms with Crippen molar-refractivity contribution >= 4 is 36.9 Å². The standard InChI is InChI=1S/C24H39FN5O11P/c1-8-14(41-19(15(25)9-31)30-11-27-16-17(30)28-22(26)29-18(16)32)10-38-42(35,39-12-36-20(33)23(2,3)4)40-13-37-21(34)24(5,6)7/h11,14-15,19,31H,8-10,12-13H2,1-7H3,(H3,26,28,29,32). The molecule has 0 spiro atoms. The number of fused-ring (bicyclic) bond motifs is 1. The number of aromatic nitrogens is 4. The topological polar surface area (TPSA) is 216 Å². The average molecular weight is 624 g/mol. The number of ether oxygens (including phenoxy) is 3. The van der Waals surface area contributed by atoms with Crippen LogP contribution in [0.2, 0.25) is 0 Å². The van der Waals surface area contributed by atoms with Gasteiger partial charge in [-0.15, -0.1) is 0 Å². The minimum Gasteiger partial charge on any atom is -0.437 e. The van der Waals surface area contributed by atoms with Crippen LogP contribution in [0.1, 0.15) is 61.1 Å². The van der Waals surface area contributed by atoms with Crippen LogP contribution in [-0.2, 0) is 41.9 Å². The normalized spacial score (nSPS) is 14.9. The number of nitrogen functional groups attached to an aromatic ring is 1. The number of halogens is 1. The van der Waals surface area contributed by atoms with Gasteiger partial charge in [0.05, 0.1) is 36.5 Å². The summed E-state index contributed by atoms with van der Waals surface area (Å²) in [5.41, 5.74) is 2.93. The number of esters is 2. The molecule has 0 radical (unpaired) electrons. The first-order valence-corrected chi connectivity index (χ1v) is 14.4. The molecule has 3 unspecified atom stereocenters. The summed E-state index contributed by atoms with van der Waals surface area (Å²) in [5.74, 6) is -1.58. The number of phosphoric acid groups is 1. The Bertz CT molecular complexity index is 1280. The van der Waals surface area contributed by atoms with E-state index < -0.39 is 81.5 Å². The van der Waals surface area contributed by atoms with Gasteiger partial charge in [0.1, 0.15) is 0 Å². The molecule has 0 amide bonds. The van der Waals surface area contributed by atoms with Crippen molar-refractivity contribution in [3.8, 4) is 0 Å². The van der Waals surface area contributed by atoms with Crippen molar-refractivity contribution in [1.29, 1.82) is 0 Å². The third-order valence-electron chi connectivity index (χ3n) is 5.44. The lowest BCUT2D eigenvalue weighted by molar-refractivity contribution is -0.164. The Labute approximate surface area is 241 Å². The Kier molecular flexibility index (Phi) is 12.2. The number of carbonyl (C=O) groups is 2. The Morgan fingerprint density at radius 1 is 1.10 bits per heavy atom. The molecule has 42 heavy (non-hydrogen) atoms. The van der Waals surface area contributed by atoms with E-state index in [1.807, 2.05) is 0 Å². The number of hydrogen-bond donors (Lipinski definition) is 3. The van der Waals surface area contributed by atoms with Gasteiger partial charge in [0.25, 0.3) is 5.56 Å². The first-order valence-electron chi connectivity index (χ1n) is 12.9. The van der Waals surface area contributed by atoms with Crippen molar-refractivity contribution in [3.05, 3.63) is 16.7 Å². The van der Waals surface area contributed by atoms with Crippen LogP contribution in [0.4, 0.5) is 10.3 Å². The van der Waals surface area contributed by atoms with E-state index in [1.165, 1.54) is 0 Å². The smallest absolute Gasteiger partial charge is 0.437 e. The largest absolute Gasteiger partial charge is 0.480 e. The minimum absolute atomic E-state index is 0.105. The Morgan fingerprint density at radius 3 is 2.12 bits per heavy atom. The number of phosphoric ester groups is 1. The second-order valence-corrected chi connectivity index (χ2v) is 12.8. The highest BCUT2D eigenvalue weighted by Gasteiger charge is 2.34. The molecule has 2 heterocycles. The number of alkyl halides is 1. The quantitative estimate of drug-likeness (QED) is 0.148. The van der Waals surface area contributed by atoms with Gasteiger partial charge >= 0.3 is 19.8 Å². The van der Waals surface area contributed by atoms with Crippen molar-refractivity contribution < 1.29 is 51.4 Å². The van der Waals surface area contributed by atoms with Crippen LogP contribution < -0.4 is 11.3 Å². The highest BCUT2D eigenvalue weighted by molar-refractivity contribution is 7.48. The number of nitrogens with one attached hydrogen (secondary N) is 1. The zero-order valence-corrected chi connectivity index (χ0v) is 25.5. The molecule has 4 N–H and O–H groups in total. The molecule has 238 valence electrons. The van der Waals surface area contributed by atoms with Crippen molar-refractivity contribution in [2.75, 3.05) is 32.5 Å². The van der Waals surface area contributed by atoms with E-state index in [0.29, 0.717) is 0 Å². The molecule has 16 nitrogen and oxygen atoms in total. The van der Waals surface area contributed by atoms with E-state index in [-0.39, 0.29) is 23.5 Å². The zero-order valence-electron chi connectivity index (χ0n) is 24.6. The van der Waals surface area contributed by atoms with Crippen molar-refractivity contribution in [2.24, 2.45) is 10.8 Å². The Balaban J connectivity index is 2.22. The summed E-state index contributed by atoms with van der Waals surface area (Å²) in [6, 6.07) is 0. The van der Waals surface area contributed by atoms with Crippen LogP contribution in [0.15, 0.2) is 11.1 Å². The number of aliphatic hydroxyl groups excluding tert-OH is 1. The van der Waals surface area contributed by atoms with Crippen LogP contribution in [0, 0.1) is 10.8 Å². The van der Waals surface area contributed by atoms with Crippen molar-refractivity contribution in [2.45, 2.75) is 73.4 Å². The molecule has 3 atom stereocenters. The summed E-state index contributed by atoms with van der Waals surface area (Å²) in [5, 5.41) is 9.53. The van der Waals surface area contributed by atoms with Gasteiger partial charge in [0.2, 0.25) is 19.5 Å². The molecule has 0 aliphatic carbocycles. The summed E-state index contributed by atoms with van der Waals surface area (Å²) in [6.45, 7) is 8.11. The highest BCUT2D eigenvalue weighted by atomic mass is 31.2. The summed E-state index contributed by atoms with van der Waals surface area (Å²) < 4.78 is 60.7. The van der Waals surface area contributed by atoms with Gasteiger partial charge in [0.15, 0.2) is 23.6 Å². The summed E-state index contributed by atoms with van der Waals surface area (Å²) >= 11 is 0. The van der Waals surface area contributed by atoms with Crippen LogP contribution in [0.3, 0.4) is 0 Å². The van der Waals surface area contributed by atoms with Gasteiger partial charge in [0, 0.05) is 0 Å². The predicted molar refractivity (Wildman–Crippen MR) is 145 cm³/mol. The number of nitrogens with zero attached hydrogens (tertiary/aromatic N) is 3. The van der Waals surface area contributed by atoms with Gasteiger partial charge in [-0.05, 0) is 48.0 Å². The van der Waals surface area contributed by atoms with E-state index in [0.717, 1.165) is 10.9 Å².